The molecule has 1 aromatic carbocycles. The zero-order chi connectivity index (χ0) is 19.3. The van der Waals surface area contributed by atoms with E-state index in [1.54, 1.807) is 29.7 Å². The van der Waals surface area contributed by atoms with Crippen molar-refractivity contribution in [3.63, 3.8) is 0 Å². The summed E-state index contributed by atoms with van der Waals surface area (Å²) < 4.78 is 15.8. The second kappa shape index (κ2) is 8.28. The smallest absolute Gasteiger partial charge is 0.289 e. The van der Waals surface area contributed by atoms with Crippen LogP contribution in [0.4, 0.5) is 5.13 Å². The molecule has 0 spiro atoms. The van der Waals surface area contributed by atoms with Gasteiger partial charge in [0.15, 0.2) is 16.6 Å². The van der Waals surface area contributed by atoms with E-state index in [2.05, 4.69) is 20.7 Å². The lowest BCUT2D eigenvalue weighted by Crippen LogP contribution is -2.41. The molecule has 2 N–H and O–H groups in total. The Kier molecular flexibility index (Phi) is 5.40. The quantitative estimate of drug-likeness (QED) is 0.585. The number of nitrogens with zero attached hydrogens (tertiary/aromatic N) is 2. The molecule has 0 radical (unpaired) electrons. The van der Waals surface area contributed by atoms with Crippen LogP contribution >= 0.6 is 11.3 Å². The lowest BCUT2D eigenvalue weighted by atomic mass is 10.2. The van der Waals surface area contributed by atoms with E-state index < -0.39 is 11.8 Å². The minimum atomic E-state index is -0.472. The molecule has 9 nitrogen and oxygen atoms in total. The van der Waals surface area contributed by atoms with E-state index in [9.17, 15) is 9.59 Å². The highest BCUT2D eigenvalue weighted by Gasteiger charge is 2.17. The Labute approximate surface area is 164 Å². The topological polar surface area (TPSA) is 102 Å². The fourth-order valence-electron chi connectivity index (χ4n) is 2.68. The number of amides is 2. The Balaban J connectivity index is 1.28. The summed E-state index contributed by atoms with van der Waals surface area (Å²) in [4.78, 5) is 30.5. The summed E-state index contributed by atoms with van der Waals surface area (Å²) in [5, 5.41) is 2.43. The van der Waals surface area contributed by atoms with Gasteiger partial charge in [-0.05, 0) is 23.8 Å². The van der Waals surface area contributed by atoms with Crippen LogP contribution in [0.15, 0.2) is 29.7 Å². The summed E-state index contributed by atoms with van der Waals surface area (Å²) in [6, 6.07) is 5.35. The normalized spacial score (nSPS) is 15.6. The van der Waals surface area contributed by atoms with Crippen LogP contribution in [0.2, 0.25) is 0 Å². The number of hydrogen-bond donors (Lipinski definition) is 2. The molecule has 0 saturated carbocycles. The van der Waals surface area contributed by atoms with Gasteiger partial charge in [0.1, 0.15) is 5.69 Å². The van der Waals surface area contributed by atoms with Crippen LogP contribution in [0.25, 0.3) is 6.08 Å². The Bertz CT molecular complexity index is 907. The number of fused-ring (bicyclic) bond motifs is 1. The zero-order valence-corrected chi connectivity index (χ0v) is 15.7. The van der Waals surface area contributed by atoms with Crippen LogP contribution < -0.4 is 25.2 Å². The summed E-state index contributed by atoms with van der Waals surface area (Å²) in [6.45, 7) is 2.98. The van der Waals surface area contributed by atoms with Crippen molar-refractivity contribution in [1.82, 2.24) is 15.8 Å². The largest absolute Gasteiger partial charge is 0.454 e. The maximum absolute atomic E-state index is 12.2. The molecule has 4 rings (SSSR count). The minimum absolute atomic E-state index is 0.193. The Hall–Kier alpha value is -3.11. The fourth-order valence-corrected chi connectivity index (χ4v) is 3.54. The van der Waals surface area contributed by atoms with Gasteiger partial charge in [-0.25, -0.2) is 4.98 Å². The molecular formula is C18H18N4O5S. The Morgan fingerprint density at radius 3 is 2.82 bits per heavy atom. The third kappa shape index (κ3) is 4.24. The number of rotatable bonds is 4. The van der Waals surface area contributed by atoms with Crippen molar-refractivity contribution in [3.8, 4) is 11.5 Å². The molecular weight excluding hydrogens is 384 g/mol. The van der Waals surface area contributed by atoms with Crippen molar-refractivity contribution >= 4 is 34.4 Å². The second-order valence-corrected chi connectivity index (χ2v) is 6.84. The second-order valence-electron chi connectivity index (χ2n) is 6.00. The van der Waals surface area contributed by atoms with E-state index in [1.807, 2.05) is 0 Å². The zero-order valence-electron chi connectivity index (χ0n) is 14.8. The van der Waals surface area contributed by atoms with Gasteiger partial charge in [0, 0.05) is 24.5 Å². The average Bonchev–Trinajstić information content (AvgIpc) is 3.40. The maximum Gasteiger partial charge on any atom is 0.289 e. The summed E-state index contributed by atoms with van der Waals surface area (Å²) in [5.41, 5.74) is 5.74. The third-order valence-corrected chi connectivity index (χ3v) is 5.03. The first-order valence-corrected chi connectivity index (χ1v) is 9.53. The minimum Gasteiger partial charge on any atom is -0.454 e. The van der Waals surface area contributed by atoms with Crippen molar-refractivity contribution in [1.29, 1.82) is 0 Å². The van der Waals surface area contributed by atoms with E-state index in [0.717, 1.165) is 23.8 Å². The predicted octanol–water partition coefficient (Wildman–Crippen LogP) is 1.18. The number of hydrogen-bond acceptors (Lipinski definition) is 8. The molecule has 3 heterocycles. The first kappa shape index (κ1) is 18.3. The summed E-state index contributed by atoms with van der Waals surface area (Å²) in [7, 11) is 0. The number of aromatic nitrogens is 1. The summed E-state index contributed by atoms with van der Waals surface area (Å²) in [5.74, 6) is 0.374. The fraction of sp³-hybridized carbons (Fsp3) is 0.278. The van der Waals surface area contributed by atoms with Gasteiger partial charge in [0.25, 0.3) is 11.8 Å². The van der Waals surface area contributed by atoms with Gasteiger partial charge in [-0.1, -0.05) is 6.07 Å². The van der Waals surface area contributed by atoms with Crippen molar-refractivity contribution < 1.29 is 23.8 Å². The molecule has 0 bridgehead atoms. The molecule has 0 unspecified atom stereocenters. The van der Waals surface area contributed by atoms with Crippen LogP contribution in [0.3, 0.4) is 0 Å². The predicted molar refractivity (Wildman–Crippen MR) is 102 cm³/mol. The van der Waals surface area contributed by atoms with E-state index in [1.165, 1.54) is 17.4 Å². The van der Waals surface area contributed by atoms with Crippen LogP contribution in [0.5, 0.6) is 11.5 Å². The van der Waals surface area contributed by atoms with Crippen LogP contribution in [-0.2, 0) is 9.53 Å². The molecule has 0 atom stereocenters. The van der Waals surface area contributed by atoms with Gasteiger partial charge in [-0.15, -0.1) is 11.3 Å². The molecule has 0 aliphatic carbocycles. The van der Waals surface area contributed by atoms with Crippen LogP contribution in [0, 0.1) is 0 Å². The summed E-state index contributed by atoms with van der Waals surface area (Å²) in [6.07, 6.45) is 2.93. The Morgan fingerprint density at radius 1 is 1.14 bits per heavy atom. The van der Waals surface area contributed by atoms with Crippen LogP contribution in [0.1, 0.15) is 16.1 Å². The molecule has 2 aliphatic rings. The van der Waals surface area contributed by atoms with Crippen molar-refractivity contribution in [2.45, 2.75) is 0 Å². The van der Waals surface area contributed by atoms with Gasteiger partial charge in [0.2, 0.25) is 6.79 Å². The molecule has 2 aliphatic heterocycles. The van der Waals surface area contributed by atoms with Gasteiger partial charge in [-0.2, -0.15) is 0 Å². The highest BCUT2D eigenvalue weighted by Crippen LogP contribution is 2.32. The van der Waals surface area contributed by atoms with E-state index in [-0.39, 0.29) is 12.5 Å². The first-order valence-electron chi connectivity index (χ1n) is 8.65. The lowest BCUT2D eigenvalue weighted by molar-refractivity contribution is -0.117. The van der Waals surface area contributed by atoms with E-state index in [0.29, 0.717) is 24.7 Å². The Morgan fingerprint density at radius 2 is 1.96 bits per heavy atom. The standard InChI is InChI=1S/C18H18N4O5S/c23-16(4-2-12-1-3-14-15(9-12)27-11-26-14)20-21-17(24)13-10-28-18(19-13)22-5-7-25-8-6-22/h1-4,9-10H,5-8,11H2,(H,20,23)(H,21,24)/b4-2+. The lowest BCUT2D eigenvalue weighted by Gasteiger charge is -2.25. The molecule has 2 amide bonds. The number of hydrazine groups is 1. The molecule has 2 aromatic rings. The molecule has 1 fully saturated rings. The first-order chi connectivity index (χ1) is 13.7. The maximum atomic E-state index is 12.2. The summed E-state index contributed by atoms with van der Waals surface area (Å²) >= 11 is 1.39. The number of carbonyl (C=O) groups is 2. The van der Waals surface area contributed by atoms with Gasteiger partial charge in [-0.3, -0.25) is 20.4 Å². The average molecular weight is 402 g/mol. The number of carbonyl (C=O) groups excluding carboxylic acids is 2. The van der Waals surface area contributed by atoms with Crippen molar-refractivity contribution in [3.05, 3.63) is 40.9 Å². The van der Waals surface area contributed by atoms with Crippen molar-refractivity contribution in [2.75, 3.05) is 38.0 Å². The number of ether oxygens (including phenoxy) is 3. The van der Waals surface area contributed by atoms with Crippen LogP contribution in [-0.4, -0.2) is 49.9 Å². The van der Waals surface area contributed by atoms with Crippen molar-refractivity contribution in [2.24, 2.45) is 0 Å². The molecule has 28 heavy (non-hydrogen) atoms. The molecule has 1 saturated heterocycles. The molecule has 146 valence electrons. The number of morpholine rings is 1. The van der Waals surface area contributed by atoms with Gasteiger partial charge < -0.3 is 19.1 Å². The molecule has 10 heteroatoms. The number of benzene rings is 1. The van der Waals surface area contributed by atoms with Gasteiger partial charge in [0.05, 0.1) is 13.2 Å². The van der Waals surface area contributed by atoms with Gasteiger partial charge >= 0.3 is 0 Å². The number of nitrogens with one attached hydrogen (secondary N) is 2. The van der Waals surface area contributed by atoms with E-state index in [4.69, 9.17) is 14.2 Å². The number of thiazole rings is 1. The highest BCUT2D eigenvalue weighted by atomic mass is 32.1. The third-order valence-electron chi connectivity index (χ3n) is 4.13. The molecule has 1 aromatic heterocycles. The number of anilines is 1. The monoisotopic (exact) mass is 402 g/mol. The SMILES string of the molecule is O=C(/C=C/c1ccc2c(c1)OCO2)NNC(=O)c1csc(N2CCOCC2)n1. The van der Waals surface area contributed by atoms with E-state index >= 15 is 0 Å². The highest BCUT2D eigenvalue weighted by molar-refractivity contribution is 7.13.